The quantitative estimate of drug-likeness (QED) is 0.787. The van der Waals surface area contributed by atoms with E-state index in [1.54, 1.807) is 6.08 Å². The molecule has 110 valence electrons. The van der Waals surface area contributed by atoms with Crippen molar-refractivity contribution in [1.29, 1.82) is 0 Å². The van der Waals surface area contributed by atoms with Crippen molar-refractivity contribution in [2.75, 3.05) is 6.54 Å². The van der Waals surface area contributed by atoms with Crippen molar-refractivity contribution >= 4 is 18.1 Å². The van der Waals surface area contributed by atoms with Crippen molar-refractivity contribution in [3.63, 3.8) is 0 Å². The van der Waals surface area contributed by atoms with Gasteiger partial charge >= 0.3 is 0 Å². The molecule has 1 N–H and O–H groups in total. The smallest absolute Gasteiger partial charge is 0.241 e. The van der Waals surface area contributed by atoms with Crippen molar-refractivity contribution in [1.82, 2.24) is 25.5 Å². The molecule has 21 heavy (non-hydrogen) atoms. The third kappa shape index (κ3) is 4.83. The molecule has 0 spiro atoms. The Bertz CT molecular complexity index is 591. The summed E-state index contributed by atoms with van der Waals surface area (Å²) in [5, 5.41) is 14.2. The minimum absolute atomic E-state index is 0.0786. The second-order valence-electron chi connectivity index (χ2n) is 4.64. The molecule has 1 aromatic carbocycles. The highest BCUT2D eigenvalue weighted by atomic mass is 16.2. The van der Waals surface area contributed by atoms with Crippen molar-refractivity contribution in [3.8, 4) is 0 Å². The van der Waals surface area contributed by atoms with E-state index < -0.39 is 0 Å². The molecule has 0 saturated heterocycles. The molecule has 2 aromatic rings. The van der Waals surface area contributed by atoms with Crippen LogP contribution < -0.4 is 5.32 Å². The summed E-state index contributed by atoms with van der Waals surface area (Å²) >= 11 is 0. The Hall–Kier alpha value is -2.50. The molecule has 0 saturated carbocycles. The van der Waals surface area contributed by atoms with E-state index in [0.29, 0.717) is 12.4 Å². The van der Waals surface area contributed by atoms with Crippen LogP contribution in [0.3, 0.4) is 0 Å². The Morgan fingerprint density at radius 2 is 2.10 bits per heavy atom. The summed E-state index contributed by atoms with van der Waals surface area (Å²) in [6, 6.07) is 9.86. The molecule has 0 bridgehead atoms. The topological polar surface area (TPSA) is 72.7 Å². The summed E-state index contributed by atoms with van der Waals surface area (Å²) in [4.78, 5) is 11.8. The molecule has 1 heterocycles. The van der Waals surface area contributed by atoms with E-state index in [-0.39, 0.29) is 12.5 Å². The molecule has 0 aliphatic rings. The van der Waals surface area contributed by atoms with Gasteiger partial charge in [-0.2, -0.15) is 0 Å². The van der Waals surface area contributed by atoms with Gasteiger partial charge in [0.25, 0.3) is 0 Å². The molecule has 0 fully saturated rings. The number of unbranched alkanes of at least 4 members (excludes halogenated alkanes) is 1. The maximum absolute atomic E-state index is 11.8. The van der Waals surface area contributed by atoms with Crippen LogP contribution in [0.4, 0.5) is 0 Å². The minimum Gasteiger partial charge on any atom is -0.354 e. The number of amides is 1. The summed E-state index contributed by atoms with van der Waals surface area (Å²) in [6.07, 6.45) is 5.74. The fraction of sp³-hybridized carbons (Fsp3) is 0.333. The van der Waals surface area contributed by atoms with Crippen LogP contribution in [0.25, 0.3) is 12.2 Å². The number of tetrazole rings is 1. The zero-order chi connectivity index (χ0) is 14.9. The van der Waals surface area contributed by atoms with Crippen LogP contribution in [0.15, 0.2) is 30.3 Å². The number of aromatic nitrogens is 4. The predicted octanol–water partition coefficient (Wildman–Crippen LogP) is 1.76. The molecule has 2 rings (SSSR count). The lowest BCUT2D eigenvalue weighted by Crippen LogP contribution is -2.29. The van der Waals surface area contributed by atoms with Crippen LogP contribution in [0.5, 0.6) is 0 Å². The largest absolute Gasteiger partial charge is 0.354 e. The first kappa shape index (κ1) is 14.9. The van der Waals surface area contributed by atoms with Gasteiger partial charge in [0.1, 0.15) is 6.54 Å². The third-order valence-electron chi connectivity index (χ3n) is 2.93. The lowest BCUT2D eigenvalue weighted by atomic mass is 10.2. The lowest BCUT2D eigenvalue weighted by Gasteiger charge is -2.04. The van der Waals surface area contributed by atoms with E-state index in [0.717, 1.165) is 18.4 Å². The number of benzene rings is 1. The van der Waals surface area contributed by atoms with Crippen molar-refractivity contribution in [3.05, 3.63) is 41.7 Å². The average Bonchev–Trinajstić information content (AvgIpc) is 2.93. The second kappa shape index (κ2) is 7.94. The van der Waals surface area contributed by atoms with E-state index >= 15 is 0 Å². The zero-order valence-corrected chi connectivity index (χ0v) is 12.1. The Morgan fingerprint density at radius 3 is 2.86 bits per heavy atom. The fourth-order valence-electron chi connectivity index (χ4n) is 1.77. The van der Waals surface area contributed by atoms with Gasteiger partial charge < -0.3 is 5.32 Å². The molecule has 0 aliphatic heterocycles. The van der Waals surface area contributed by atoms with Crippen molar-refractivity contribution in [2.45, 2.75) is 26.3 Å². The summed E-state index contributed by atoms with van der Waals surface area (Å²) in [5.74, 6) is 0.481. The predicted molar refractivity (Wildman–Crippen MR) is 81.1 cm³/mol. The first-order valence-corrected chi connectivity index (χ1v) is 7.05. The van der Waals surface area contributed by atoms with Gasteiger partial charge in [0.15, 0.2) is 5.82 Å². The number of hydrogen-bond donors (Lipinski definition) is 1. The standard InChI is InChI=1S/C15H19N5O/c1-2-3-11-16-15(21)12-20-14(17-18-19-20)10-9-13-7-5-4-6-8-13/h4-10H,2-3,11-12H2,1H3,(H,16,21). The molecule has 0 aliphatic carbocycles. The first-order chi connectivity index (χ1) is 10.3. The number of rotatable bonds is 7. The number of carbonyl (C=O) groups is 1. The van der Waals surface area contributed by atoms with Gasteiger partial charge in [-0.3, -0.25) is 4.79 Å². The minimum atomic E-state index is -0.0786. The molecule has 1 aromatic heterocycles. The molecule has 6 nitrogen and oxygen atoms in total. The Labute approximate surface area is 123 Å². The third-order valence-corrected chi connectivity index (χ3v) is 2.93. The van der Waals surface area contributed by atoms with E-state index in [9.17, 15) is 4.79 Å². The van der Waals surface area contributed by atoms with Gasteiger partial charge in [0.05, 0.1) is 0 Å². The molecule has 0 radical (unpaired) electrons. The van der Waals surface area contributed by atoms with Gasteiger partial charge in [-0.1, -0.05) is 49.8 Å². The monoisotopic (exact) mass is 285 g/mol. The molecule has 0 atom stereocenters. The highest BCUT2D eigenvalue weighted by molar-refractivity contribution is 5.76. The Morgan fingerprint density at radius 1 is 1.29 bits per heavy atom. The van der Waals surface area contributed by atoms with Gasteiger partial charge in [0, 0.05) is 6.54 Å². The number of carbonyl (C=O) groups excluding carboxylic acids is 1. The summed E-state index contributed by atoms with van der Waals surface area (Å²) in [5.41, 5.74) is 1.06. The molecule has 1 amide bonds. The Balaban J connectivity index is 1.95. The van der Waals surface area contributed by atoms with E-state index in [1.165, 1.54) is 4.68 Å². The van der Waals surface area contributed by atoms with Crippen LogP contribution >= 0.6 is 0 Å². The van der Waals surface area contributed by atoms with Gasteiger partial charge in [-0.15, -0.1) is 5.10 Å². The molecular weight excluding hydrogens is 266 g/mol. The van der Waals surface area contributed by atoms with Crippen molar-refractivity contribution < 1.29 is 4.79 Å². The van der Waals surface area contributed by atoms with Crippen LogP contribution in [0.2, 0.25) is 0 Å². The highest BCUT2D eigenvalue weighted by Gasteiger charge is 2.07. The summed E-state index contributed by atoms with van der Waals surface area (Å²) in [7, 11) is 0. The fourth-order valence-corrected chi connectivity index (χ4v) is 1.77. The average molecular weight is 285 g/mol. The van der Waals surface area contributed by atoms with E-state index in [2.05, 4.69) is 27.8 Å². The summed E-state index contributed by atoms with van der Waals surface area (Å²) < 4.78 is 1.49. The van der Waals surface area contributed by atoms with Crippen LogP contribution in [0, 0.1) is 0 Å². The van der Waals surface area contributed by atoms with Crippen LogP contribution in [-0.2, 0) is 11.3 Å². The molecule has 0 unspecified atom stereocenters. The number of hydrogen-bond acceptors (Lipinski definition) is 4. The molecule has 6 heteroatoms. The molecular formula is C15H19N5O. The van der Waals surface area contributed by atoms with Gasteiger partial charge in [-0.05, 0) is 28.5 Å². The normalized spacial score (nSPS) is 10.9. The lowest BCUT2D eigenvalue weighted by molar-refractivity contribution is -0.121. The maximum Gasteiger partial charge on any atom is 0.241 e. The summed E-state index contributed by atoms with van der Waals surface area (Å²) in [6.45, 7) is 2.90. The SMILES string of the molecule is CCCCNC(=O)Cn1nnnc1C=Cc1ccccc1. The first-order valence-electron chi connectivity index (χ1n) is 7.05. The van der Waals surface area contributed by atoms with Crippen LogP contribution in [0.1, 0.15) is 31.2 Å². The number of nitrogens with one attached hydrogen (secondary N) is 1. The van der Waals surface area contributed by atoms with E-state index in [1.807, 2.05) is 36.4 Å². The second-order valence-corrected chi connectivity index (χ2v) is 4.64. The van der Waals surface area contributed by atoms with E-state index in [4.69, 9.17) is 0 Å². The van der Waals surface area contributed by atoms with Crippen LogP contribution in [-0.4, -0.2) is 32.7 Å². The maximum atomic E-state index is 11.8. The zero-order valence-electron chi connectivity index (χ0n) is 12.1. The van der Waals surface area contributed by atoms with Gasteiger partial charge in [-0.25, -0.2) is 4.68 Å². The van der Waals surface area contributed by atoms with Crippen molar-refractivity contribution in [2.24, 2.45) is 0 Å². The van der Waals surface area contributed by atoms with Gasteiger partial charge in [0.2, 0.25) is 5.91 Å². The number of nitrogens with zero attached hydrogens (tertiary/aromatic N) is 4. The Kier molecular flexibility index (Phi) is 5.63. The highest BCUT2D eigenvalue weighted by Crippen LogP contribution is 2.05.